The lowest BCUT2D eigenvalue weighted by atomic mass is 10.0. The van der Waals surface area contributed by atoms with Crippen LogP contribution < -0.4 is 15.6 Å². The number of carboxylic acid groups (broad SMARTS) is 1. The third-order valence-corrected chi connectivity index (χ3v) is 5.38. The van der Waals surface area contributed by atoms with E-state index in [1.165, 1.54) is 18.2 Å². The summed E-state index contributed by atoms with van der Waals surface area (Å²) < 4.78 is 38.4. The van der Waals surface area contributed by atoms with E-state index >= 15 is 0 Å². The monoisotopic (exact) mass is 444 g/mol. The average Bonchev–Trinajstić information content (AvgIpc) is 2.73. The van der Waals surface area contributed by atoms with Gasteiger partial charge in [0.1, 0.15) is 17.2 Å². The minimum absolute atomic E-state index is 0.00985. The molecule has 32 heavy (non-hydrogen) atoms. The molecule has 1 saturated heterocycles. The molecule has 9 heteroatoms. The number of ether oxygens (including phenoxy) is 1. The molecule has 168 valence electrons. The highest BCUT2D eigenvalue weighted by molar-refractivity contribution is 5.94. The first-order valence-corrected chi connectivity index (χ1v) is 10.2. The van der Waals surface area contributed by atoms with E-state index in [4.69, 9.17) is 9.15 Å². The molecule has 0 saturated carbocycles. The van der Waals surface area contributed by atoms with Gasteiger partial charge in [0.25, 0.3) is 0 Å². The third kappa shape index (κ3) is 4.57. The van der Waals surface area contributed by atoms with Gasteiger partial charge in [0.05, 0.1) is 30.2 Å². The van der Waals surface area contributed by atoms with Crippen LogP contribution in [0, 0.1) is 11.6 Å². The summed E-state index contributed by atoms with van der Waals surface area (Å²) in [5.41, 5.74) is 0.673. The van der Waals surface area contributed by atoms with E-state index < -0.39 is 17.6 Å². The minimum Gasteiger partial charge on any atom is -0.478 e. The van der Waals surface area contributed by atoms with Crippen molar-refractivity contribution >= 4 is 28.5 Å². The zero-order valence-corrected chi connectivity index (χ0v) is 17.4. The van der Waals surface area contributed by atoms with E-state index in [1.807, 2.05) is 11.8 Å². The number of aromatic carboxylic acids is 1. The second kappa shape index (κ2) is 8.96. The molecular formula is C23H22F2N2O5. The maximum Gasteiger partial charge on any atom is 0.335 e. The molecule has 1 atom stereocenters. The molecule has 1 fully saturated rings. The first-order valence-electron chi connectivity index (χ1n) is 10.2. The molecular weight excluding hydrogens is 422 g/mol. The van der Waals surface area contributed by atoms with Crippen LogP contribution in [0.4, 0.5) is 20.4 Å². The molecule has 0 radical (unpaired) electrons. The van der Waals surface area contributed by atoms with Gasteiger partial charge in [0.2, 0.25) is 0 Å². The Bertz CT molecular complexity index is 1210. The van der Waals surface area contributed by atoms with E-state index in [0.717, 1.165) is 18.2 Å². The highest BCUT2D eigenvalue weighted by atomic mass is 19.1. The lowest BCUT2D eigenvalue weighted by Crippen LogP contribution is -2.44. The van der Waals surface area contributed by atoms with Crippen molar-refractivity contribution in [2.24, 2.45) is 0 Å². The van der Waals surface area contributed by atoms with Gasteiger partial charge in [-0.3, -0.25) is 4.79 Å². The smallest absolute Gasteiger partial charge is 0.335 e. The fraction of sp³-hybridized carbons (Fsp3) is 0.304. The first-order chi connectivity index (χ1) is 15.3. The number of rotatable bonds is 6. The number of hydrogen-bond donors (Lipinski definition) is 2. The maximum absolute atomic E-state index is 13.4. The van der Waals surface area contributed by atoms with Crippen LogP contribution >= 0.6 is 0 Å². The zero-order chi connectivity index (χ0) is 22.8. The molecule has 2 N–H and O–H groups in total. The lowest BCUT2D eigenvalue weighted by molar-refractivity contribution is 0.0697. The molecule has 3 aromatic rings. The Hall–Kier alpha value is -3.46. The molecule has 1 aliphatic rings. The SMILES string of the molecule is C[C@H]1COCCN1c1cc(=O)c2cc(C(=O)O)cc(CCNc3cc(F)cc(F)c3)c2o1. The van der Waals surface area contributed by atoms with Crippen LogP contribution in [0.1, 0.15) is 22.8 Å². The van der Waals surface area contributed by atoms with Gasteiger partial charge < -0.3 is 24.5 Å². The van der Waals surface area contributed by atoms with E-state index in [1.54, 1.807) is 0 Å². The van der Waals surface area contributed by atoms with Crippen LogP contribution in [0.3, 0.4) is 0 Å². The minimum atomic E-state index is -1.17. The molecule has 1 aliphatic heterocycles. The predicted molar refractivity (Wildman–Crippen MR) is 116 cm³/mol. The summed E-state index contributed by atoms with van der Waals surface area (Å²) in [6.07, 6.45) is 0.265. The summed E-state index contributed by atoms with van der Waals surface area (Å²) in [6, 6.07) is 7.23. The number of nitrogens with zero attached hydrogens (tertiary/aromatic N) is 1. The number of halogens is 2. The predicted octanol–water partition coefficient (Wildman–Crippen LogP) is 3.65. The summed E-state index contributed by atoms with van der Waals surface area (Å²) in [5.74, 6) is -2.19. The molecule has 0 unspecified atom stereocenters. The topological polar surface area (TPSA) is 92.0 Å². The van der Waals surface area contributed by atoms with Crippen LogP contribution in [0.5, 0.6) is 0 Å². The third-order valence-electron chi connectivity index (χ3n) is 5.38. The number of fused-ring (bicyclic) bond motifs is 1. The van der Waals surface area contributed by atoms with E-state index in [2.05, 4.69) is 5.32 Å². The summed E-state index contributed by atoms with van der Waals surface area (Å²) >= 11 is 0. The van der Waals surface area contributed by atoms with Crippen LogP contribution in [0.15, 0.2) is 45.6 Å². The number of benzene rings is 2. The van der Waals surface area contributed by atoms with Crippen LogP contribution in [0.2, 0.25) is 0 Å². The first kappa shape index (κ1) is 21.8. The van der Waals surface area contributed by atoms with E-state index in [0.29, 0.717) is 36.8 Å². The van der Waals surface area contributed by atoms with Crippen molar-refractivity contribution in [1.82, 2.24) is 0 Å². The number of nitrogens with one attached hydrogen (secondary N) is 1. The number of carbonyl (C=O) groups is 1. The quantitative estimate of drug-likeness (QED) is 0.600. The Morgan fingerprint density at radius 2 is 1.94 bits per heavy atom. The fourth-order valence-corrected chi connectivity index (χ4v) is 3.82. The number of hydrogen-bond acceptors (Lipinski definition) is 6. The highest BCUT2D eigenvalue weighted by Gasteiger charge is 2.23. The van der Waals surface area contributed by atoms with Crippen LogP contribution in [-0.2, 0) is 11.2 Å². The maximum atomic E-state index is 13.4. The van der Waals surface area contributed by atoms with Gasteiger partial charge in [-0.25, -0.2) is 13.6 Å². The summed E-state index contributed by atoms with van der Waals surface area (Å²) in [5, 5.41) is 12.5. The largest absolute Gasteiger partial charge is 0.478 e. The summed E-state index contributed by atoms with van der Waals surface area (Å²) in [7, 11) is 0. The Kier molecular flexibility index (Phi) is 6.09. The Morgan fingerprint density at radius 3 is 2.62 bits per heavy atom. The lowest BCUT2D eigenvalue weighted by Gasteiger charge is -2.33. The van der Waals surface area contributed by atoms with E-state index in [9.17, 15) is 23.5 Å². The molecule has 0 spiro atoms. The van der Waals surface area contributed by atoms with Gasteiger partial charge in [0, 0.05) is 30.9 Å². The second-order valence-corrected chi connectivity index (χ2v) is 7.72. The normalized spacial score (nSPS) is 16.3. The van der Waals surface area contributed by atoms with Gasteiger partial charge in [-0.05, 0) is 43.2 Å². The number of morpholine rings is 1. The molecule has 2 heterocycles. The van der Waals surface area contributed by atoms with Gasteiger partial charge in [-0.1, -0.05) is 0 Å². The van der Waals surface area contributed by atoms with Crippen molar-refractivity contribution in [3.05, 3.63) is 69.4 Å². The highest BCUT2D eigenvalue weighted by Crippen LogP contribution is 2.27. The van der Waals surface area contributed by atoms with Gasteiger partial charge in [0.15, 0.2) is 11.3 Å². The zero-order valence-electron chi connectivity index (χ0n) is 17.4. The van der Waals surface area contributed by atoms with Crippen LogP contribution in [0.25, 0.3) is 11.0 Å². The standard InChI is InChI=1S/C23H22F2N2O5/c1-13-12-31-5-4-27(13)21-11-20(28)19-7-15(23(29)30)6-14(22(19)32-21)2-3-26-18-9-16(24)8-17(25)10-18/h6-11,13,26H,2-5,12H2,1H3,(H,29,30)/t13-/m0/s1. The van der Waals surface area contributed by atoms with E-state index in [-0.39, 0.29) is 41.1 Å². The Balaban J connectivity index is 1.69. The van der Waals surface area contributed by atoms with Gasteiger partial charge in [-0.2, -0.15) is 0 Å². The molecule has 2 aromatic carbocycles. The van der Waals surface area contributed by atoms with Crippen LogP contribution in [-0.4, -0.2) is 43.4 Å². The van der Waals surface area contributed by atoms with Crippen molar-refractivity contribution in [1.29, 1.82) is 0 Å². The van der Waals surface area contributed by atoms with Crippen molar-refractivity contribution in [3.63, 3.8) is 0 Å². The van der Waals surface area contributed by atoms with Gasteiger partial charge in [-0.15, -0.1) is 0 Å². The Labute approximate surface area is 182 Å². The molecule has 0 amide bonds. The molecule has 0 aliphatic carbocycles. The summed E-state index contributed by atoms with van der Waals surface area (Å²) in [4.78, 5) is 26.4. The van der Waals surface area contributed by atoms with Crippen molar-refractivity contribution in [3.8, 4) is 0 Å². The number of anilines is 2. The molecule has 0 bridgehead atoms. The Morgan fingerprint density at radius 1 is 1.19 bits per heavy atom. The summed E-state index contributed by atoms with van der Waals surface area (Å²) in [6.45, 7) is 3.76. The molecule has 1 aromatic heterocycles. The molecule has 4 rings (SSSR count). The van der Waals surface area contributed by atoms with Crippen molar-refractivity contribution in [2.45, 2.75) is 19.4 Å². The van der Waals surface area contributed by atoms with Crippen molar-refractivity contribution < 1.29 is 27.8 Å². The fourth-order valence-electron chi connectivity index (χ4n) is 3.82. The second-order valence-electron chi connectivity index (χ2n) is 7.72. The number of carboxylic acids is 1. The van der Waals surface area contributed by atoms with Gasteiger partial charge >= 0.3 is 5.97 Å². The van der Waals surface area contributed by atoms with Crippen molar-refractivity contribution in [2.75, 3.05) is 36.5 Å². The average molecular weight is 444 g/mol. The molecule has 7 nitrogen and oxygen atoms in total.